The first kappa shape index (κ1) is 9.60. The van der Waals surface area contributed by atoms with E-state index in [1.807, 2.05) is 0 Å². The van der Waals surface area contributed by atoms with Gasteiger partial charge in [-0.3, -0.25) is 0 Å². The normalized spacial score (nSPS) is 14.8. The minimum Gasteiger partial charge on any atom is -0.451 e. The molecule has 0 fully saturated rings. The number of hydrogen-bond donors (Lipinski definition) is 1. The minimum atomic E-state index is -4.68. The first-order valence-corrected chi connectivity index (χ1v) is 3.70. The average molecular weight is 245 g/mol. The molecule has 68 valence electrons. The number of rotatable bonds is 1. The molecule has 0 spiro atoms. The number of halogens is 4. The van der Waals surface area contributed by atoms with E-state index in [2.05, 4.69) is 20.3 Å². The Kier molecular flexibility index (Phi) is 2.48. The van der Waals surface area contributed by atoms with Gasteiger partial charge < -0.3 is 9.52 Å². The van der Waals surface area contributed by atoms with Gasteiger partial charge in [-0.25, -0.2) is 0 Å². The van der Waals surface area contributed by atoms with Crippen LogP contribution in [0.5, 0.6) is 0 Å². The summed E-state index contributed by atoms with van der Waals surface area (Å²) in [5, 5.41) is 8.63. The van der Waals surface area contributed by atoms with E-state index >= 15 is 0 Å². The molecule has 1 aromatic heterocycles. The fourth-order valence-corrected chi connectivity index (χ4v) is 0.956. The van der Waals surface area contributed by atoms with Gasteiger partial charge in [-0.2, -0.15) is 13.2 Å². The van der Waals surface area contributed by atoms with Gasteiger partial charge in [0.05, 0.1) is 0 Å². The molecule has 1 rings (SSSR count). The minimum absolute atomic E-state index is 0.154. The van der Waals surface area contributed by atoms with Crippen LogP contribution in [0, 0.1) is 0 Å². The summed E-state index contributed by atoms with van der Waals surface area (Å²) in [5.41, 5.74) is 0. The second kappa shape index (κ2) is 3.10. The first-order valence-electron chi connectivity index (χ1n) is 2.91. The number of aliphatic hydroxyl groups is 1. The van der Waals surface area contributed by atoms with Crippen molar-refractivity contribution in [2.45, 2.75) is 12.3 Å². The second-order valence-electron chi connectivity index (χ2n) is 2.09. The van der Waals surface area contributed by atoms with Crippen LogP contribution in [-0.4, -0.2) is 11.3 Å². The van der Waals surface area contributed by atoms with Crippen molar-refractivity contribution in [3.05, 3.63) is 22.6 Å². The molecule has 12 heavy (non-hydrogen) atoms. The monoisotopic (exact) mass is 244 g/mol. The summed E-state index contributed by atoms with van der Waals surface area (Å²) >= 11 is 2.82. The molecule has 1 N–H and O–H groups in total. The molecule has 0 saturated heterocycles. The molecule has 0 bridgehead atoms. The van der Waals surface area contributed by atoms with E-state index in [-0.39, 0.29) is 4.67 Å². The average Bonchev–Trinajstić information content (AvgIpc) is 2.32. The lowest BCUT2D eigenvalue weighted by Crippen LogP contribution is -2.19. The summed E-state index contributed by atoms with van der Waals surface area (Å²) in [4.78, 5) is 0. The number of alkyl halides is 3. The summed E-state index contributed by atoms with van der Waals surface area (Å²) in [6, 6.07) is 2.34. The molecular formula is C6H4BrF3O2. The van der Waals surface area contributed by atoms with Gasteiger partial charge in [-0.1, -0.05) is 0 Å². The zero-order chi connectivity index (χ0) is 9.35. The van der Waals surface area contributed by atoms with Crippen molar-refractivity contribution >= 4 is 15.9 Å². The fourth-order valence-electron chi connectivity index (χ4n) is 0.637. The molecule has 0 amide bonds. The zero-order valence-corrected chi connectivity index (χ0v) is 7.19. The Bertz CT molecular complexity index is 268. The van der Waals surface area contributed by atoms with Crippen molar-refractivity contribution in [2.24, 2.45) is 0 Å². The van der Waals surface area contributed by atoms with Gasteiger partial charge in [0.25, 0.3) is 0 Å². The Labute approximate surface area is 74.1 Å². The van der Waals surface area contributed by atoms with Crippen molar-refractivity contribution in [1.82, 2.24) is 0 Å². The predicted molar refractivity (Wildman–Crippen MR) is 37.4 cm³/mol. The van der Waals surface area contributed by atoms with Crippen LogP contribution in [0.15, 0.2) is 21.2 Å². The van der Waals surface area contributed by atoms with Crippen molar-refractivity contribution in [3.63, 3.8) is 0 Å². The van der Waals surface area contributed by atoms with Gasteiger partial charge in [0, 0.05) is 0 Å². The van der Waals surface area contributed by atoms with Gasteiger partial charge in [0.1, 0.15) is 5.76 Å². The van der Waals surface area contributed by atoms with E-state index in [0.29, 0.717) is 0 Å². The SMILES string of the molecule is OC(c1ccc(Br)o1)C(F)(F)F. The number of furan rings is 1. The third-order valence-electron chi connectivity index (χ3n) is 1.17. The lowest BCUT2D eigenvalue weighted by Gasteiger charge is -2.10. The van der Waals surface area contributed by atoms with Crippen molar-refractivity contribution in [2.75, 3.05) is 0 Å². The molecule has 0 aliphatic carbocycles. The van der Waals surface area contributed by atoms with Crippen molar-refractivity contribution in [3.8, 4) is 0 Å². The largest absolute Gasteiger partial charge is 0.451 e. The van der Waals surface area contributed by atoms with Crippen molar-refractivity contribution < 1.29 is 22.7 Å². The van der Waals surface area contributed by atoms with E-state index in [4.69, 9.17) is 5.11 Å². The second-order valence-corrected chi connectivity index (χ2v) is 2.87. The summed E-state index contributed by atoms with van der Waals surface area (Å²) in [6.45, 7) is 0. The van der Waals surface area contributed by atoms with E-state index in [9.17, 15) is 13.2 Å². The van der Waals surface area contributed by atoms with Crippen LogP contribution in [0.1, 0.15) is 11.9 Å². The van der Waals surface area contributed by atoms with Gasteiger partial charge in [0.15, 0.2) is 4.67 Å². The Morgan fingerprint density at radius 1 is 1.42 bits per heavy atom. The van der Waals surface area contributed by atoms with Crippen LogP contribution in [0.2, 0.25) is 0 Å². The summed E-state index contributed by atoms with van der Waals surface area (Å²) in [7, 11) is 0. The third kappa shape index (κ3) is 2.01. The Balaban J connectivity index is 2.85. The standard InChI is InChI=1S/C6H4BrF3O2/c7-4-2-1-3(12-4)5(11)6(8,9)10/h1-2,5,11H. The molecule has 0 aliphatic heterocycles. The topological polar surface area (TPSA) is 33.4 Å². The van der Waals surface area contributed by atoms with Crippen LogP contribution >= 0.6 is 15.9 Å². The van der Waals surface area contributed by atoms with Crippen LogP contribution < -0.4 is 0 Å². The zero-order valence-electron chi connectivity index (χ0n) is 5.60. The Morgan fingerprint density at radius 2 is 2.00 bits per heavy atom. The van der Waals surface area contributed by atoms with E-state index in [1.165, 1.54) is 6.07 Å². The summed E-state index contributed by atoms with van der Waals surface area (Å²) in [5.74, 6) is -0.519. The number of hydrogen-bond acceptors (Lipinski definition) is 2. The first-order chi connectivity index (χ1) is 5.41. The predicted octanol–water partition coefficient (Wildman–Crippen LogP) is 2.64. The highest BCUT2D eigenvalue weighted by atomic mass is 79.9. The van der Waals surface area contributed by atoms with E-state index < -0.39 is 18.0 Å². The molecule has 0 saturated carbocycles. The highest BCUT2D eigenvalue weighted by Crippen LogP contribution is 2.33. The Hall–Kier alpha value is -0.490. The molecule has 0 aliphatic rings. The maximum atomic E-state index is 11.8. The van der Waals surface area contributed by atoms with Gasteiger partial charge in [-0.15, -0.1) is 0 Å². The van der Waals surface area contributed by atoms with E-state index in [0.717, 1.165) is 6.07 Å². The van der Waals surface area contributed by atoms with Gasteiger partial charge in [-0.05, 0) is 28.1 Å². The molecular weight excluding hydrogens is 241 g/mol. The smallest absolute Gasteiger partial charge is 0.421 e. The maximum Gasteiger partial charge on any atom is 0.421 e. The quantitative estimate of drug-likeness (QED) is 0.824. The van der Waals surface area contributed by atoms with Crippen LogP contribution in [-0.2, 0) is 0 Å². The highest BCUT2D eigenvalue weighted by Gasteiger charge is 2.41. The Morgan fingerprint density at radius 3 is 2.33 bits per heavy atom. The third-order valence-corrected chi connectivity index (χ3v) is 1.60. The molecule has 1 aromatic rings. The molecule has 1 atom stereocenters. The maximum absolute atomic E-state index is 11.8. The lowest BCUT2D eigenvalue weighted by molar-refractivity contribution is -0.211. The van der Waals surface area contributed by atoms with Gasteiger partial charge in [0.2, 0.25) is 6.10 Å². The lowest BCUT2D eigenvalue weighted by atomic mass is 10.3. The van der Waals surface area contributed by atoms with Crippen molar-refractivity contribution in [1.29, 1.82) is 0 Å². The van der Waals surface area contributed by atoms with Gasteiger partial charge >= 0.3 is 6.18 Å². The highest BCUT2D eigenvalue weighted by molar-refractivity contribution is 9.10. The molecule has 1 heterocycles. The summed E-state index contributed by atoms with van der Waals surface area (Å²) in [6.07, 6.45) is -7.24. The fraction of sp³-hybridized carbons (Fsp3) is 0.333. The molecule has 0 radical (unpaired) electrons. The summed E-state index contributed by atoms with van der Waals surface area (Å²) < 4.78 is 40.1. The van der Waals surface area contributed by atoms with Crippen LogP contribution in [0.25, 0.3) is 0 Å². The number of aliphatic hydroxyl groups excluding tert-OH is 1. The molecule has 0 aromatic carbocycles. The molecule has 6 heteroatoms. The van der Waals surface area contributed by atoms with Crippen LogP contribution in [0.3, 0.4) is 0 Å². The molecule has 2 nitrogen and oxygen atoms in total. The molecule has 1 unspecified atom stereocenters. The van der Waals surface area contributed by atoms with E-state index in [1.54, 1.807) is 0 Å². The van der Waals surface area contributed by atoms with Crippen LogP contribution in [0.4, 0.5) is 13.2 Å².